The number of aromatic nitrogens is 2. The van der Waals surface area contributed by atoms with E-state index in [4.69, 9.17) is 0 Å². The number of rotatable bonds is 3. The molecule has 0 spiro atoms. The Labute approximate surface area is 118 Å². The van der Waals surface area contributed by atoms with E-state index in [0.717, 1.165) is 32.0 Å². The van der Waals surface area contributed by atoms with Gasteiger partial charge in [-0.3, -0.25) is 4.90 Å². The van der Waals surface area contributed by atoms with Crippen molar-refractivity contribution in [3.63, 3.8) is 0 Å². The van der Waals surface area contributed by atoms with E-state index in [2.05, 4.69) is 15.2 Å². The summed E-state index contributed by atoms with van der Waals surface area (Å²) in [6.07, 6.45) is 3.68. The third-order valence-corrected chi connectivity index (χ3v) is 3.82. The minimum atomic E-state index is -0.168. The fourth-order valence-corrected chi connectivity index (χ4v) is 2.78. The predicted octanol–water partition coefficient (Wildman–Crippen LogP) is 1.55. The van der Waals surface area contributed by atoms with Crippen molar-refractivity contribution in [1.29, 1.82) is 0 Å². The van der Waals surface area contributed by atoms with E-state index in [9.17, 15) is 4.39 Å². The molecule has 1 N–H and O–H groups in total. The van der Waals surface area contributed by atoms with Gasteiger partial charge in [-0.1, -0.05) is 18.2 Å². The quantitative estimate of drug-likeness (QED) is 0.922. The second-order valence-electron chi connectivity index (χ2n) is 5.11. The van der Waals surface area contributed by atoms with Gasteiger partial charge in [0.1, 0.15) is 11.6 Å². The molecule has 5 heteroatoms. The summed E-state index contributed by atoms with van der Waals surface area (Å²) in [5, 5.41) is 3.33. The highest BCUT2D eigenvalue weighted by molar-refractivity contribution is 5.27. The SMILES string of the molecule is Cn1ccnc1C(c1ccccc1F)N1CCNCC1. The highest BCUT2D eigenvalue weighted by Crippen LogP contribution is 2.29. The Kier molecular flexibility index (Phi) is 3.80. The standard InChI is InChI=1S/C15H19FN4/c1-19-9-8-18-15(19)14(20-10-6-17-7-11-20)12-4-2-3-5-13(12)16/h2-5,8-9,14,17H,6-7,10-11H2,1H3. The van der Waals surface area contributed by atoms with Gasteiger partial charge in [-0.2, -0.15) is 0 Å². The van der Waals surface area contributed by atoms with Gasteiger partial charge in [-0.05, 0) is 6.07 Å². The Morgan fingerprint density at radius 2 is 2.00 bits per heavy atom. The number of hydrogen-bond acceptors (Lipinski definition) is 3. The lowest BCUT2D eigenvalue weighted by atomic mass is 10.0. The van der Waals surface area contributed by atoms with Crippen LogP contribution in [0.5, 0.6) is 0 Å². The van der Waals surface area contributed by atoms with Crippen molar-refractivity contribution in [3.05, 3.63) is 53.9 Å². The van der Waals surface area contributed by atoms with Gasteiger partial charge in [0, 0.05) is 51.2 Å². The van der Waals surface area contributed by atoms with Gasteiger partial charge in [-0.25, -0.2) is 9.37 Å². The molecule has 20 heavy (non-hydrogen) atoms. The summed E-state index contributed by atoms with van der Waals surface area (Å²) in [6.45, 7) is 3.64. The third kappa shape index (κ3) is 2.46. The molecular formula is C15H19FN4. The number of hydrogen-bond donors (Lipinski definition) is 1. The number of benzene rings is 1. The maximum absolute atomic E-state index is 14.2. The fourth-order valence-electron chi connectivity index (χ4n) is 2.78. The van der Waals surface area contributed by atoms with Gasteiger partial charge in [-0.15, -0.1) is 0 Å². The van der Waals surface area contributed by atoms with E-state index < -0.39 is 0 Å². The van der Waals surface area contributed by atoms with Crippen molar-refractivity contribution in [2.75, 3.05) is 26.2 Å². The molecule has 1 unspecified atom stereocenters. The predicted molar refractivity (Wildman–Crippen MR) is 75.9 cm³/mol. The summed E-state index contributed by atoms with van der Waals surface area (Å²) in [5.74, 6) is 0.719. The van der Waals surface area contributed by atoms with E-state index in [1.54, 1.807) is 12.3 Å². The van der Waals surface area contributed by atoms with Gasteiger partial charge >= 0.3 is 0 Å². The Hall–Kier alpha value is -1.72. The Morgan fingerprint density at radius 1 is 1.25 bits per heavy atom. The first-order valence-corrected chi connectivity index (χ1v) is 6.94. The Balaban J connectivity index is 2.03. The number of piperazine rings is 1. The summed E-state index contributed by atoms with van der Waals surface area (Å²) >= 11 is 0. The van der Waals surface area contributed by atoms with E-state index in [1.807, 2.05) is 29.9 Å². The summed E-state index contributed by atoms with van der Waals surface area (Å²) in [4.78, 5) is 6.73. The molecule has 1 aliphatic rings. The summed E-state index contributed by atoms with van der Waals surface area (Å²) in [5.41, 5.74) is 0.698. The molecule has 0 aliphatic carbocycles. The fraction of sp³-hybridized carbons (Fsp3) is 0.400. The lowest BCUT2D eigenvalue weighted by Crippen LogP contribution is -2.46. The first-order valence-electron chi connectivity index (χ1n) is 6.94. The van der Waals surface area contributed by atoms with Crippen LogP contribution < -0.4 is 5.32 Å². The molecule has 1 fully saturated rings. The normalized spacial score (nSPS) is 18.1. The van der Waals surface area contributed by atoms with Crippen LogP contribution in [-0.2, 0) is 7.05 Å². The first kappa shape index (κ1) is 13.3. The van der Waals surface area contributed by atoms with Crippen LogP contribution in [-0.4, -0.2) is 40.6 Å². The van der Waals surface area contributed by atoms with E-state index in [1.165, 1.54) is 6.07 Å². The zero-order valence-corrected chi connectivity index (χ0v) is 11.6. The van der Waals surface area contributed by atoms with Crippen molar-refractivity contribution in [2.45, 2.75) is 6.04 Å². The van der Waals surface area contributed by atoms with Gasteiger partial charge < -0.3 is 9.88 Å². The van der Waals surface area contributed by atoms with Gasteiger partial charge in [0.25, 0.3) is 0 Å². The molecule has 4 nitrogen and oxygen atoms in total. The number of halogens is 1. The molecule has 2 aromatic rings. The van der Waals surface area contributed by atoms with Crippen LogP contribution >= 0.6 is 0 Å². The average Bonchev–Trinajstić information content (AvgIpc) is 2.89. The van der Waals surface area contributed by atoms with E-state index in [-0.39, 0.29) is 11.9 Å². The smallest absolute Gasteiger partial charge is 0.130 e. The molecule has 1 atom stereocenters. The van der Waals surface area contributed by atoms with Crippen molar-refractivity contribution in [3.8, 4) is 0 Å². The molecule has 0 amide bonds. The Bertz CT molecular complexity index is 575. The van der Waals surface area contributed by atoms with E-state index in [0.29, 0.717) is 5.56 Å². The molecule has 1 aliphatic heterocycles. The zero-order chi connectivity index (χ0) is 13.9. The van der Waals surface area contributed by atoms with Gasteiger partial charge in [0.15, 0.2) is 0 Å². The minimum Gasteiger partial charge on any atom is -0.336 e. The lowest BCUT2D eigenvalue weighted by molar-refractivity contribution is 0.187. The summed E-state index contributed by atoms with van der Waals surface area (Å²) in [6, 6.07) is 6.87. The molecule has 0 radical (unpaired) electrons. The second-order valence-corrected chi connectivity index (χ2v) is 5.11. The largest absolute Gasteiger partial charge is 0.336 e. The van der Waals surface area contributed by atoms with Crippen LogP contribution in [0.4, 0.5) is 4.39 Å². The number of aryl methyl sites for hydroxylation is 1. The van der Waals surface area contributed by atoms with Crippen LogP contribution in [0, 0.1) is 5.82 Å². The molecular weight excluding hydrogens is 255 g/mol. The molecule has 1 aromatic heterocycles. The van der Waals surface area contributed by atoms with Gasteiger partial charge in [0.2, 0.25) is 0 Å². The maximum atomic E-state index is 14.2. The molecule has 2 heterocycles. The van der Waals surface area contributed by atoms with Crippen LogP contribution in [0.2, 0.25) is 0 Å². The van der Waals surface area contributed by atoms with E-state index >= 15 is 0 Å². The number of nitrogens with zero attached hydrogens (tertiary/aromatic N) is 3. The van der Waals surface area contributed by atoms with Crippen LogP contribution in [0.1, 0.15) is 17.4 Å². The molecule has 0 bridgehead atoms. The minimum absolute atomic E-state index is 0.127. The van der Waals surface area contributed by atoms with Crippen LogP contribution in [0.3, 0.4) is 0 Å². The lowest BCUT2D eigenvalue weighted by Gasteiger charge is -2.34. The highest BCUT2D eigenvalue weighted by atomic mass is 19.1. The molecule has 1 saturated heterocycles. The van der Waals surface area contributed by atoms with Crippen LogP contribution in [0.15, 0.2) is 36.7 Å². The molecule has 3 rings (SSSR count). The van der Waals surface area contributed by atoms with Gasteiger partial charge in [0.05, 0.1) is 6.04 Å². The number of nitrogens with one attached hydrogen (secondary N) is 1. The molecule has 1 aromatic carbocycles. The average molecular weight is 274 g/mol. The summed E-state index contributed by atoms with van der Waals surface area (Å²) < 4.78 is 16.2. The van der Waals surface area contributed by atoms with Crippen LogP contribution in [0.25, 0.3) is 0 Å². The summed E-state index contributed by atoms with van der Waals surface area (Å²) in [7, 11) is 1.96. The second kappa shape index (κ2) is 5.73. The molecule has 106 valence electrons. The molecule has 0 saturated carbocycles. The monoisotopic (exact) mass is 274 g/mol. The first-order chi connectivity index (χ1) is 9.77. The Morgan fingerprint density at radius 3 is 2.65 bits per heavy atom. The topological polar surface area (TPSA) is 33.1 Å². The number of imidazole rings is 1. The highest BCUT2D eigenvalue weighted by Gasteiger charge is 2.28. The van der Waals surface area contributed by atoms with Crippen molar-refractivity contribution >= 4 is 0 Å². The maximum Gasteiger partial charge on any atom is 0.130 e. The third-order valence-electron chi connectivity index (χ3n) is 3.82. The zero-order valence-electron chi connectivity index (χ0n) is 11.6. The van der Waals surface area contributed by atoms with Crippen molar-refractivity contribution < 1.29 is 4.39 Å². The van der Waals surface area contributed by atoms with Crippen molar-refractivity contribution in [1.82, 2.24) is 19.8 Å². The van der Waals surface area contributed by atoms with Crippen molar-refractivity contribution in [2.24, 2.45) is 7.05 Å².